The normalized spacial score (nSPS) is 11.6. The minimum absolute atomic E-state index is 0.604. The van der Waals surface area contributed by atoms with Gasteiger partial charge in [-0.15, -0.1) is 11.3 Å². The van der Waals surface area contributed by atoms with E-state index in [0.29, 0.717) is 17.6 Å². The van der Waals surface area contributed by atoms with Gasteiger partial charge in [0.1, 0.15) is 0 Å². The van der Waals surface area contributed by atoms with Crippen molar-refractivity contribution in [2.24, 2.45) is 0 Å². The van der Waals surface area contributed by atoms with Gasteiger partial charge in [0, 0.05) is 42.1 Å². The fourth-order valence-electron chi connectivity index (χ4n) is 6.20. The van der Waals surface area contributed by atoms with Gasteiger partial charge in [0.2, 0.25) is 5.95 Å². The lowest BCUT2D eigenvalue weighted by molar-refractivity contribution is 0.953. The van der Waals surface area contributed by atoms with Crippen LogP contribution in [0.25, 0.3) is 81.8 Å². The molecule has 44 heavy (non-hydrogen) atoms. The van der Waals surface area contributed by atoms with Gasteiger partial charge in [-0.3, -0.25) is 4.57 Å². The van der Waals surface area contributed by atoms with Gasteiger partial charge in [-0.2, -0.15) is 9.97 Å². The first-order chi connectivity index (χ1) is 21.8. The van der Waals surface area contributed by atoms with Gasteiger partial charge in [-0.05, 0) is 29.3 Å². The molecule has 4 nitrogen and oxygen atoms in total. The summed E-state index contributed by atoms with van der Waals surface area (Å²) in [6, 6.07) is 50.7. The molecule has 9 aromatic rings. The highest BCUT2D eigenvalue weighted by atomic mass is 32.1. The summed E-state index contributed by atoms with van der Waals surface area (Å²) in [6.45, 7) is 0. The lowest BCUT2D eigenvalue weighted by atomic mass is 10.0. The molecule has 0 aliphatic rings. The van der Waals surface area contributed by atoms with E-state index in [9.17, 15) is 0 Å². The van der Waals surface area contributed by atoms with Crippen molar-refractivity contribution in [3.8, 4) is 39.9 Å². The van der Waals surface area contributed by atoms with E-state index in [2.05, 4.69) is 114 Å². The van der Waals surface area contributed by atoms with Crippen LogP contribution in [-0.4, -0.2) is 19.5 Å². The van der Waals surface area contributed by atoms with Crippen LogP contribution in [0.2, 0.25) is 0 Å². The monoisotopic (exact) mass is 580 g/mol. The third-order valence-corrected chi connectivity index (χ3v) is 9.49. The molecule has 0 aliphatic heterocycles. The van der Waals surface area contributed by atoms with Gasteiger partial charge in [0.05, 0.1) is 11.0 Å². The van der Waals surface area contributed by atoms with Crippen LogP contribution in [0.3, 0.4) is 0 Å². The van der Waals surface area contributed by atoms with Crippen LogP contribution < -0.4 is 0 Å². The summed E-state index contributed by atoms with van der Waals surface area (Å²) < 4.78 is 4.78. The van der Waals surface area contributed by atoms with E-state index in [4.69, 9.17) is 15.0 Å². The molecule has 0 unspecified atom stereocenters. The molecule has 0 atom stereocenters. The van der Waals surface area contributed by atoms with E-state index in [1.165, 1.54) is 36.5 Å². The minimum atomic E-state index is 0.604. The maximum absolute atomic E-state index is 5.14. The molecule has 3 heterocycles. The summed E-state index contributed by atoms with van der Waals surface area (Å²) in [5.74, 6) is 1.89. The number of aromatic nitrogens is 4. The highest BCUT2D eigenvalue weighted by Gasteiger charge is 2.20. The topological polar surface area (TPSA) is 43.6 Å². The van der Waals surface area contributed by atoms with Crippen molar-refractivity contribution in [2.75, 3.05) is 0 Å². The van der Waals surface area contributed by atoms with Crippen molar-refractivity contribution in [1.82, 2.24) is 19.5 Å². The number of para-hydroxylation sites is 1. The minimum Gasteiger partial charge on any atom is -0.278 e. The lowest BCUT2D eigenvalue weighted by Crippen LogP contribution is -2.06. The van der Waals surface area contributed by atoms with Gasteiger partial charge in [0.15, 0.2) is 11.6 Å². The van der Waals surface area contributed by atoms with Crippen LogP contribution in [0, 0.1) is 0 Å². The summed E-state index contributed by atoms with van der Waals surface area (Å²) in [4.78, 5) is 15.2. The second-order valence-corrected chi connectivity index (χ2v) is 11.9. The van der Waals surface area contributed by atoms with Crippen molar-refractivity contribution < 1.29 is 0 Å². The Morgan fingerprint density at radius 2 is 0.977 bits per heavy atom. The lowest BCUT2D eigenvalue weighted by Gasteiger charge is -2.11. The molecular weight excluding hydrogens is 557 g/mol. The SMILES string of the molecule is c1ccc(-c2ccc(-c3nc(-c4ccccc4)nc(-n4c5ccccc5c5c6sc7ccccc7c6ccc54)n3)cc2)cc1. The van der Waals surface area contributed by atoms with E-state index in [0.717, 1.165) is 27.7 Å². The molecule has 0 saturated carbocycles. The number of benzene rings is 6. The van der Waals surface area contributed by atoms with E-state index < -0.39 is 0 Å². The smallest absolute Gasteiger partial charge is 0.238 e. The fraction of sp³-hybridized carbons (Fsp3) is 0. The van der Waals surface area contributed by atoms with E-state index >= 15 is 0 Å². The molecule has 9 rings (SSSR count). The first-order valence-corrected chi connectivity index (χ1v) is 15.4. The number of thiophene rings is 1. The molecule has 0 aliphatic carbocycles. The molecule has 0 N–H and O–H groups in total. The molecule has 0 amide bonds. The second-order valence-electron chi connectivity index (χ2n) is 10.9. The molecule has 3 aromatic heterocycles. The quantitative estimate of drug-likeness (QED) is 0.208. The number of hydrogen-bond acceptors (Lipinski definition) is 4. The predicted molar refractivity (Wildman–Crippen MR) is 183 cm³/mol. The van der Waals surface area contributed by atoms with E-state index in [1.54, 1.807) is 0 Å². The zero-order valence-electron chi connectivity index (χ0n) is 23.6. The van der Waals surface area contributed by atoms with Crippen molar-refractivity contribution in [1.29, 1.82) is 0 Å². The van der Waals surface area contributed by atoms with Gasteiger partial charge in [-0.1, -0.05) is 127 Å². The standard InChI is InChI=1S/C39H24N4S/c1-3-11-25(12-4-1)26-19-21-28(22-20-26)38-40-37(27-13-5-2-6-14-27)41-39(42-38)43-32-17-9-7-16-31(32)35-33(43)24-23-30-29-15-8-10-18-34(29)44-36(30)35/h1-24H. The Kier molecular flexibility index (Phi) is 5.64. The van der Waals surface area contributed by atoms with E-state index in [1.807, 2.05) is 47.7 Å². The summed E-state index contributed by atoms with van der Waals surface area (Å²) >= 11 is 1.85. The molecule has 0 spiro atoms. The number of nitrogens with zero attached hydrogens (tertiary/aromatic N) is 4. The Hall–Kier alpha value is -5.65. The average molecular weight is 581 g/mol. The molecule has 0 fully saturated rings. The highest BCUT2D eigenvalue weighted by Crippen LogP contribution is 2.43. The maximum Gasteiger partial charge on any atom is 0.238 e. The number of rotatable bonds is 4. The Morgan fingerprint density at radius 1 is 0.409 bits per heavy atom. The van der Waals surface area contributed by atoms with Crippen molar-refractivity contribution in [3.63, 3.8) is 0 Å². The third-order valence-electron chi connectivity index (χ3n) is 8.29. The van der Waals surface area contributed by atoms with Crippen molar-refractivity contribution in [3.05, 3.63) is 146 Å². The van der Waals surface area contributed by atoms with Gasteiger partial charge in [-0.25, -0.2) is 4.98 Å². The molecule has 0 radical (unpaired) electrons. The van der Waals surface area contributed by atoms with Gasteiger partial charge in [0.25, 0.3) is 0 Å². The Bertz CT molecular complexity index is 2480. The van der Waals surface area contributed by atoms with Gasteiger partial charge >= 0.3 is 0 Å². The van der Waals surface area contributed by atoms with Crippen LogP contribution in [0.4, 0.5) is 0 Å². The predicted octanol–water partition coefficient (Wildman–Crippen LogP) is 10.3. The molecule has 206 valence electrons. The Morgan fingerprint density at radius 3 is 1.73 bits per heavy atom. The molecule has 0 saturated heterocycles. The van der Waals surface area contributed by atoms with Crippen molar-refractivity contribution in [2.45, 2.75) is 0 Å². The summed E-state index contributed by atoms with van der Waals surface area (Å²) in [5, 5.41) is 4.99. The summed E-state index contributed by atoms with van der Waals surface area (Å²) in [5.41, 5.74) is 6.38. The fourth-order valence-corrected chi connectivity index (χ4v) is 7.46. The summed E-state index contributed by atoms with van der Waals surface area (Å²) in [6.07, 6.45) is 0. The number of hydrogen-bond donors (Lipinski definition) is 0. The van der Waals surface area contributed by atoms with Crippen LogP contribution in [-0.2, 0) is 0 Å². The van der Waals surface area contributed by atoms with E-state index in [-0.39, 0.29) is 0 Å². The largest absolute Gasteiger partial charge is 0.278 e. The molecule has 0 bridgehead atoms. The highest BCUT2D eigenvalue weighted by molar-refractivity contribution is 7.26. The average Bonchev–Trinajstić information content (AvgIpc) is 3.65. The van der Waals surface area contributed by atoms with Crippen LogP contribution >= 0.6 is 11.3 Å². The van der Waals surface area contributed by atoms with Crippen LogP contribution in [0.5, 0.6) is 0 Å². The summed E-state index contributed by atoms with van der Waals surface area (Å²) in [7, 11) is 0. The molecule has 6 aromatic carbocycles. The Labute approximate surface area is 257 Å². The molecule has 5 heteroatoms. The zero-order valence-corrected chi connectivity index (χ0v) is 24.4. The Balaban J connectivity index is 1.30. The third kappa shape index (κ3) is 3.94. The van der Waals surface area contributed by atoms with Crippen LogP contribution in [0.1, 0.15) is 0 Å². The second kappa shape index (κ2) is 9.97. The van der Waals surface area contributed by atoms with Crippen molar-refractivity contribution >= 4 is 53.3 Å². The zero-order chi connectivity index (χ0) is 29.0. The first-order valence-electron chi connectivity index (χ1n) is 14.6. The maximum atomic E-state index is 5.14. The van der Waals surface area contributed by atoms with Gasteiger partial charge < -0.3 is 0 Å². The molecular formula is C39H24N4S. The van der Waals surface area contributed by atoms with Crippen LogP contribution in [0.15, 0.2) is 146 Å². The number of fused-ring (bicyclic) bond motifs is 7. The first kappa shape index (κ1) is 24.9.